The van der Waals surface area contributed by atoms with Crippen LogP contribution in [0.4, 0.5) is 0 Å². The van der Waals surface area contributed by atoms with Crippen LogP contribution in [0.2, 0.25) is 5.02 Å². The summed E-state index contributed by atoms with van der Waals surface area (Å²) in [4.78, 5) is 12.9. The molecule has 3 aromatic rings. The molecule has 0 saturated heterocycles. The molecule has 28 heavy (non-hydrogen) atoms. The van der Waals surface area contributed by atoms with Crippen LogP contribution in [0.15, 0.2) is 83.8 Å². The number of benzene rings is 3. The predicted octanol–water partition coefficient (Wildman–Crippen LogP) is 3.87. The van der Waals surface area contributed by atoms with E-state index in [0.29, 0.717) is 10.6 Å². The molecule has 5 nitrogen and oxygen atoms in total. The maximum atomic E-state index is 13.1. The summed E-state index contributed by atoms with van der Waals surface area (Å²) in [6.07, 6.45) is -1.42. The van der Waals surface area contributed by atoms with E-state index in [1.165, 1.54) is 24.3 Å². The van der Waals surface area contributed by atoms with Crippen molar-refractivity contribution < 1.29 is 22.5 Å². The maximum absolute atomic E-state index is 13.1. The van der Waals surface area contributed by atoms with E-state index in [0.717, 1.165) is 0 Å². The number of rotatable bonds is 4. The summed E-state index contributed by atoms with van der Waals surface area (Å²) in [5.41, 5.74) is -1.36. The number of ketones is 1. The van der Waals surface area contributed by atoms with Gasteiger partial charge in [-0.3, -0.25) is 8.98 Å². The number of aliphatic hydroxyl groups is 1. The molecule has 0 bridgehead atoms. The summed E-state index contributed by atoms with van der Waals surface area (Å²) in [6.45, 7) is 0. The third-order valence-electron chi connectivity index (χ3n) is 4.75. The number of fused-ring (bicyclic) bond motifs is 1. The molecule has 0 fully saturated rings. The predicted molar refractivity (Wildman–Crippen MR) is 104 cm³/mol. The second kappa shape index (κ2) is 6.83. The van der Waals surface area contributed by atoms with Crippen LogP contribution in [0.25, 0.3) is 0 Å². The van der Waals surface area contributed by atoms with E-state index in [4.69, 9.17) is 15.8 Å². The number of carbonyl (C=O) groups excluding carboxylic acids is 1. The summed E-state index contributed by atoms with van der Waals surface area (Å²) in [7, 11) is -4.28. The molecule has 0 aliphatic heterocycles. The lowest BCUT2D eigenvalue weighted by Crippen LogP contribution is -2.38. The van der Waals surface area contributed by atoms with Gasteiger partial charge in [0.25, 0.3) is 10.1 Å². The number of Topliss-reactive ketones (excluding diaryl/α,β-unsaturated/α-hetero) is 1. The van der Waals surface area contributed by atoms with Gasteiger partial charge in [-0.05, 0) is 35.4 Å². The van der Waals surface area contributed by atoms with Gasteiger partial charge in [0.1, 0.15) is 6.10 Å². The molecule has 1 aliphatic rings. The lowest BCUT2D eigenvalue weighted by molar-refractivity contribution is -0.0337. The third-order valence-corrected chi connectivity index (χ3v) is 6.30. The minimum atomic E-state index is -4.28. The van der Waals surface area contributed by atoms with Crippen LogP contribution in [-0.4, -0.2) is 19.3 Å². The first-order valence-corrected chi connectivity index (χ1v) is 10.2. The van der Waals surface area contributed by atoms with Crippen molar-refractivity contribution in [2.75, 3.05) is 0 Å². The molecule has 3 aromatic carbocycles. The van der Waals surface area contributed by atoms with E-state index in [2.05, 4.69) is 0 Å². The third kappa shape index (κ3) is 2.95. The fourth-order valence-electron chi connectivity index (χ4n) is 3.36. The number of hydrogen-bond acceptors (Lipinski definition) is 5. The zero-order valence-electron chi connectivity index (χ0n) is 14.4. The second-order valence-electron chi connectivity index (χ2n) is 6.43. The Bertz CT molecular complexity index is 1140. The summed E-state index contributed by atoms with van der Waals surface area (Å²) in [6, 6.07) is 20.1. The molecule has 7 heteroatoms. The van der Waals surface area contributed by atoms with E-state index < -0.39 is 27.6 Å². The normalized spacial score (nSPS) is 21.5. The Balaban J connectivity index is 1.84. The van der Waals surface area contributed by atoms with E-state index >= 15 is 0 Å². The van der Waals surface area contributed by atoms with Crippen LogP contribution in [0.3, 0.4) is 0 Å². The fourth-order valence-corrected chi connectivity index (χ4v) is 4.56. The number of halogens is 1. The molecule has 1 aliphatic carbocycles. The maximum Gasteiger partial charge on any atom is 0.297 e. The summed E-state index contributed by atoms with van der Waals surface area (Å²) in [5, 5.41) is 11.8. The Morgan fingerprint density at radius 3 is 2.18 bits per heavy atom. The zero-order chi connectivity index (χ0) is 19.9. The van der Waals surface area contributed by atoms with Gasteiger partial charge in [-0.25, -0.2) is 0 Å². The van der Waals surface area contributed by atoms with Gasteiger partial charge in [-0.2, -0.15) is 8.42 Å². The van der Waals surface area contributed by atoms with Gasteiger partial charge in [0.15, 0.2) is 5.60 Å². The Morgan fingerprint density at radius 2 is 1.50 bits per heavy atom. The van der Waals surface area contributed by atoms with Gasteiger partial charge in [-0.15, -0.1) is 0 Å². The van der Waals surface area contributed by atoms with Crippen molar-refractivity contribution in [3.8, 4) is 0 Å². The molecule has 0 heterocycles. The molecule has 2 unspecified atom stereocenters. The molecular formula is C21H15ClO5S. The van der Waals surface area contributed by atoms with E-state index in [-0.39, 0.29) is 16.0 Å². The van der Waals surface area contributed by atoms with Gasteiger partial charge < -0.3 is 5.11 Å². The summed E-state index contributed by atoms with van der Waals surface area (Å²) >= 11 is 5.82. The lowest BCUT2D eigenvalue weighted by atomic mass is 9.88. The fraction of sp³-hybridized carbons (Fsp3) is 0.0952. The topological polar surface area (TPSA) is 80.7 Å². The Labute approximate surface area is 167 Å². The highest BCUT2D eigenvalue weighted by Crippen LogP contribution is 2.49. The largest absolute Gasteiger partial charge is 0.374 e. The summed E-state index contributed by atoms with van der Waals surface area (Å²) < 4.78 is 31.1. The minimum absolute atomic E-state index is 0.121. The molecule has 1 N–H and O–H groups in total. The summed E-state index contributed by atoms with van der Waals surface area (Å²) in [5.74, 6) is -0.606. The Kier molecular flexibility index (Phi) is 4.59. The van der Waals surface area contributed by atoms with Crippen LogP contribution < -0.4 is 0 Å². The molecule has 0 aromatic heterocycles. The highest BCUT2D eigenvalue weighted by Gasteiger charge is 2.55. The molecule has 4 rings (SSSR count). The molecule has 2 atom stereocenters. The molecular weight excluding hydrogens is 400 g/mol. The van der Waals surface area contributed by atoms with Gasteiger partial charge in [0.2, 0.25) is 5.78 Å². The first-order chi connectivity index (χ1) is 13.3. The monoisotopic (exact) mass is 414 g/mol. The van der Waals surface area contributed by atoms with E-state index in [9.17, 15) is 18.3 Å². The Hall–Kier alpha value is -2.51. The van der Waals surface area contributed by atoms with Crippen LogP contribution in [0.1, 0.15) is 27.6 Å². The van der Waals surface area contributed by atoms with Crippen LogP contribution >= 0.6 is 11.6 Å². The van der Waals surface area contributed by atoms with Gasteiger partial charge >= 0.3 is 0 Å². The number of hydrogen-bond donors (Lipinski definition) is 1. The first kappa shape index (κ1) is 18.8. The first-order valence-electron chi connectivity index (χ1n) is 8.44. The lowest BCUT2D eigenvalue weighted by Gasteiger charge is -2.28. The van der Waals surface area contributed by atoms with Gasteiger partial charge in [0.05, 0.1) is 4.90 Å². The van der Waals surface area contributed by atoms with E-state index in [1.807, 2.05) is 0 Å². The van der Waals surface area contributed by atoms with Crippen LogP contribution in [0, 0.1) is 0 Å². The van der Waals surface area contributed by atoms with Gasteiger partial charge in [-0.1, -0.05) is 66.2 Å². The van der Waals surface area contributed by atoms with Crippen molar-refractivity contribution >= 4 is 27.5 Å². The zero-order valence-corrected chi connectivity index (χ0v) is 16.0. The smallest absolute Gasteiger partial charge is 0.297 e. The highest BCUT2D eigenvalue weighted by atomic mass is 35.5. The number of carbonyl (C=O) groups is 1. The SMILES string of the molecule is O=C1c2ccccc2C(OS(=O)(=O)c2ccc(Cl)cc2)C1(O)c1ccccc1. The van der Waals surface area contributed by atoms with Crippen LogP contribution in [-0.2, 0) is 19.9 Å². The standard InChI is InChI=1S/C21H15ClO5S/c22-15-10-12-16(13-11-15)28(25,26)27-20-18-9-5-4-8-17(18)19(23)21(20,24)14-6-2-1-3-7-14/h1-13,20,24H. The molecule has 0 saturated carbocycles. The average molecular weight is 415 g/mol. The Morgan fingerprint density at radius 1 is 0.893 bits per heavy atom. The van der Waals surface area contributed by atoms with Crippen molar-refractivity contribution in [2.45, 2.75) is 16.6 Å². The van der Waals surface area contributed by atoms with Crippen molar-refractivity contribution in [1.82, 2.24) is 0 Å². The van der Waals surface area contributed by atoms with Crippen molar-refractivity contribution in [2.24, 2.45) is 0 Å². The van der Waals surface area contributed by atoms with Crippen molar-refractivity contribution in [3.05, 3.63) is 101 Å². The van der Waals surface area contributed by atoms with Gasteiger partial charge in [0, 0.05) is 10.6 Å². The molecule has 0 spiro atoms. The van der Waals surface area contributed by atoms with Crippen LogP contribution in [0.5, 0.6) is 0 Å². The molecule has 142 valence electrons. The van der Waals surface area contributed by atoms with E-state index in [1.54, 1.807) is 54.6 Å². The highest BCUT2D eigenvalue weighted by molar-refractivity contribution is 7.86. The second-order valence-corrected chi connectivity index (χ2v) is 8.44. The quantitative estimate of drug-likeness (QED) is 0.655. The van der Waals surface area contributed by atoms with Crippen molar-refractivity contribution in [1.29, 1.82) is 0 Å². The minimum Gasteiger partial charge on any atom is -0.374 e. The van der Waals surface area contributed by atoms with Crippen molar-refractivity contribution in [3.63, 3.8) is 0 Å². The average Bonchev–Trinajstić information content (AvgIpc) is 2.92. The molecule has 0 amide bonds. The molecule has 0 radical (unpaired) electrons.